The van der Waals surface area contributed by atoms with Crippen LogP contribution >= 0.6 is 0 Å². The second kappa shape index (κ2) is 3.10. The average molecular weight is 112 g/mol. The van der Waals surface area contributed by atoms with Crippen LogP contribution in [0.25, 0.3) is 0 Å². The van der Waals surface area contributed by atoms with Gasteiger partial charge in [0.15, 0.2) is 5.78 Å². The minimum absolute atomic E-state index is 0.500. The van der Waals surface area contributed by atoms with Gasteiger partial charge in [-0.3, -0.25) is 9.59 Å². The molecule has 0 fully saturated rings. The lowest BCUT2D eigenvalue weighted by Crippen LogP contribution is -2.29. The van der Waals surface area contributed by atoms with Gasteiger partial charge in [-0.05, 0) is 6.08 Å². The Morgan fingerprint density at radius 3 is 2.50 bits per heavy atom. The summed E-state index contributed by atoms with van der Waals surface area (Å²) in [6.45, 7) is 3.12. The van der Waals surface area contributed by atoms with E-state index < -0.39 is 11.8 Å². The molecule has 3 nitrogen and oxygen atoms in total. The van der Waals surface area contributed by atoms with Crippen molar-refractivity contribution in [2.75, 3.05) is 0 Å². The Kier molecular flexibility index (Phi) is 2.72. The number of rotatable bonds is 3. The molecule has 0 rings (SSSR count). The molecule has 0 saturated heterocycles. The zero-order valence-corrected chi connectivity index (χ0v) is 4.26. The van der Waals surface area contributed by atoms with Crippen LogP contribution in [-0.2, 0) is 9.59 Å². The van der Waals surface area contributed by atoms with Gasteiger partial charge >= 0.3 is 0 Å². The summed E-state index contributed by atoms with van der Waals surface area (Å²) in [5.41, 5.74) is 4.88. The molecule has 0 aliphatic heterocycles. The maximum atomic E-state index is 10.2. The Balaban J connectivity index is 3.80. The molecule has 1 radical (unpaired) electrons. The maximum absolute atomic E-state index is 10.2. The molecule has 0 spiro atoms. The highest BCUT2D eigenvalue weighted by atomic mass is 16.1. The summed E-state index contributed by atoms with van der Waals surface area (Å²) in [7, 11) is 0. The normalized spacial score (nSPS) is 12.1. The number of carbonyl (C=O) groups is 1. The van der Waals surface area contributed by atoms with Gasteiger partial charge in [0.2, 0.25) is 6.29 Å². The van der Waals surface area contributed by atoms with Crippen molar-refractivity contribution < 1.29 is 9.59 Å². The summed E-state index contributed by atoms with van der Waals surface area (Å²) >= 11 is 0. The van der Waals surface area contributed by atoms with Gasteiger partial charge in [0.1, 0.15) is 6.04 Å². The first kappa shape index (κ1) is 7.04. The Morgan fingerprint density at radius 1 is 1.88 bits per heavy atom. The van der Waals surface area contributed by atoms with Gasteiger partial charge in [-0.2, -0.15) is 0 Å². The Hall–Kier alpha value is -0.960. The maximum Gasteiger partial charge on any atom is 0.225 e. The predicted octanol–water partition coefficient (Wildman–Crippen LogP) is -0.822. The van der Waals surface area contributed by atoms with Gasteiger partial charge in [-0.15, -0.1) is 0 Å². The SMILES string of the molecule is C=CC(=O)C(N)[C]=O. The van der Waals surface area contributed by atoms with E-state index in [1.165, 1.54) is 6.29 Å². The van der Waals surface area contributed by atoms with Gasteiger partial charge in [-0.1, -0.05) is 6.58 Å². The summed E-state index contributed by atoms with van der Waals surface area (Å²) in [5, 5.41) is 0. The van der Waals surface area contributed by atoms with Crippen LogP contribution in [0.15, 0.2) is 12.7 Å². The molecule has 0 aliphatic rings. The first-order valence-electron chi connectivity index (χ1n) is 2.02. The van der Waals surface area contributed by atoms with Crippen molar-refractivity contribution in [3.63, 3.8) is 0 Å². The van der Waals surface area contributed by atoms with E-state index >= 15 is 0 Å². The first-order chi connectivity index (χ1) is 3.72. The van der Waals surface area contributed by atoms with Gasteiger partial charge in [0, 0.05) is 0 Å². The van der Waals surface area contributed by atoms with E-state index in [0.29, 0.717) is 0 Å². The molecule has 2 N–H and O–H groups in total. The predicted molar refractivity (Wildman–Crippen MR) is 28.9 cm³/mol. The van der Waals surface area contributed by atoms with Crippen molar-refractivity contribution in [2.45, 2.75) is 6.04 Å². The molecular formula is C5H6NO2. The molecule has 1 unspecified atom stereocenters. The van der Waals surface area contributed by atoms with Crippen LogP contribution in [-0.4, -0.2) is 18.1 Å². The van der Waals surface area contributed by atoms with Gasteiger partial charge in [0.25, 0.3) is 0 Å². The standard InChI is InChI=1S/C5H6NO2/c1-2-5(8)4(6)3-7/h2,4H,1,6H2. The molecule has 1 atom stereocenters. The lowest BCUT2D eigenvalue weighted by molar-refractivity contribution is -0.114. The van der Waals surface area contributed by atoms with Crippen molar-refractivity contribution in [1.82, 2.24) is 0 Å². The molecule has 8 heavy (non-hydrogen) atoms. The molecule has 43 valence electrons. The van der Waals surface area contributed by atoms with Crippen molar-refractivity contribution >= 4 is 12.1 Å². The lowest BCUT2D eigenvalue weighted by Gasteiger charge is -1.91. The molecule has 0 aliphatic carbocycles. The smallest absolute Gasteiger partial charge is 0.225 e. The van der Waals surface area contributed by atoms with Gasteiger partial charge < -0.3 is 5.73 Å². The molecular weight excluding hydrogens is 106 g/mol. The van der Waals surface area contributed by atoms with E-state index in [9.17, 15) is 9.59 Å². The number of nitrogens with two attached hydrogens (primary N) is 1. The molecule has 3 heteroatoms. The van der Waals surface area contributed by atoms with E-state index in [1.807, 2.05) is 0 Å². The summed E-state index contributed by atoms with van der Waals surface area (Å²) < 4.78 is 0. The third-order valence-electron chi connectivity index (χ3n) is 0.635. The largest absolute Gasteiger partial charge is 0.315 e. The van der Waals surface area contributed by atoms with E-state index in [1.54, 1.807) is 0 Å². The van der Waals surface area contributed by atoms with Crippen LogP contribution < -0.4 is 5.73 Å². The summed E-state index contributed by atoms with van der Waals surface area (Å²) in [6, 6.07) is -1.15. The van der Waals surface area contributed by atoms with Crippen LogP contribution in [0.1, 0.15) is 0 Å². The zero-order chi connectivity index (χ0) is 6.57. The quantitative estimate of drug-likeness (QED) is 0.383. The van der Waals surface area contributed by atoms with Crippen LogP contribution in [0, 0.1) is 0 Å². The van der Waals surface area contributed by atoms with Crippen LogP contribution in [0.4, 0.5) is 0 Å². The molecule has 0 heterocycles. The fraction of sp³-hybridized carbons (Fsp3) is 0.200. The van der Waals surface area contributed by atoms with E-state index in [4.69, 9.17) is 5.73 Å². The monoisotopic (exact) mass is 112 g/mol. The molecule has 0 saturated carbocycles. The highest BCUT2D eigenvalue weighted by Crippen LogP contribution is 1.75. The van der Waals surface area contributed by atoms with Crippen molar-refractivity contribution in [1.29, 1.82) is 0 Å². The van der Waals surface area contributed by atoms with Crippen LogP contribution in [0.2, 0.25) is 0 Å². The molecule has 0 aromatic carbocycles. The summed E-state index contributed by atoms with van der Waals surface area (Å²) in [5.74, 6) is -0.500. The highest BCUT2D eigenvalue weighted by molar-refractivity contribution is 6.03. The number of ketones is 1. The van der Waals surface area contributed by atoms with E-state index in [2.05, 4.69) is 6.58 Å². The van der Waals surface area contributed by atoms with Crippen molar-refractivity contribution in [3.8, 4) is 0 Å². The highest BCUT2D eigenvalue weighted by Gasteiger charge is 2.06. The average Bonchev–Trinajstić information content (AvgIpc) is 1.84. The number of carbonyl (C=O) groups excluding carboxylic acids is 2. The van der Waals surface area contributed by atoms with Crippen molar-refractivity contribution in [3.05, 3.63) is 12.7 Å². The van der Waals surface area contributed by atoms with E-state index in [0.717, 1.165) is 6.08 Å². The van der Waals surface area contributed by atoms with Gasteiger partial charge in [0.05, 0.1) is 0 Å². The minimum Gasteiger partial charge on any atom is -0.315 e. The first-order valence-corrected chi connectivity index (χ1v) is 2.02. The van der Waals surface area contributed by atoms with E-state index in [-0.39, 0.29) is 0 Å². The Bertz CT molecular complexity index is 120. The topological polar surface area (TPSA) is 60.2 Å². The number of hydrogen-bond donors (Lipinski definition) is 1. The molecule has 0 aromatic rings. The fourth-order valence-corrected chi connectivity index (χ4v) is 0.185. The minimum atomic E-state index is -1.15. The van der Waals surface area contributed by atoms with Crippen LogP contribution in [0.3, 0.4) is 0 Å². The molecule has 0 amide bonds. The Morgan fingerprint density at radius 2 is 2.38 bits per heavy atom. The molecule has 0 bridgehead atoms. The molecule has 0 aromatic heterocycles. The lowest BCUT2D eigenvalue weighted by atomic mass is 10.2. The van der Waals surface area contributed by atoms with Gasteiger partial charge in [-0.25, -0.2) is 0 Å². The summed E-state index contributed by atoms with van der Waals surface area (Å²) in [4.78, 5) is 19.8. The third kappa shape index (κ3) is 1.66. The van der Waals surface area contributed by atoms with Crippen molar-refractivity contribution in [2.24, 2.45) is 5.73 Å². The Labute approximate surface area is 47.2 Å². The zero-order valence-electron chi connectivity index (χ0n) is 4.26. The second-order valence-electron chi connectivity index (χ2n) is 1.20. The summed E-state index contributed by atoms with van der Waals surface area (Å²) in [6.07, 6.45) is 2.32. The second-order valence-corrected chi connectivity index (χ2v) is 1.20. The van der Waals surface area contributed by atoms with Crippen LogP contribution in [0.5, 0.6) is 0 Å². The number of hydrogen-bond acceptors (Lipinski definition) is 3. The fourth-order valence-electron chi connectivity index (χ4n) is 0.185. The third-order valence-corrected chi connectivity index (χ3v) is 0.635.